The fourth-order valence-electron chi connectivity index (χ4n) is 7.35. The molecule has 0 saturated heterocycles. The number of ether oxygens (including phenoxy) is 6. The average Bonchev–Trinajstić information content (AvgIpc) is 3.16. The Bertz CT molecular complexity index is 1690. The van der Waals surface area contributed by atoms with Crippen LogP contribution in [-0.2, 0) is 22.7 Å². The molecule has 5 rings (SSSR count). The fraction of sp³-hybridized carbons (Fsp3) is 0.415. The predicted octanol–water partition coefficient (Wildman–Crippen LogP) is 9.29. The van der Waals surface area contributed by atoms with Crippen LogP contribution < -0.4 is 24.3 Å². The van der Waals surface area contributed by atoms with Crippen molar-refractivity contribution in [2.24, 2.45) is 0 Å². The van der Waals surface area contributed by atoms with Crippen LogP contribution >= 0.6 is 12.4 Å². The highest BCUT2D eigenvalue weighted by Crippen LogP contribution is 2.47. The van der Waals surface area contributed by atoms with Crippen molar-refractivity contribution in [3.63, 3.8) is 0 Å². The zero-order valence-corrected chi connectivity index (χ0v) is 31.3. The molecule has 53 heavy (non-hydrogen) atoms. The van der Waals surface area contributed by atoms with Crippen molar-refractivity contribution in [2.45, 2.75) is 62.7 Å². The minimum Gasteiger partial charge on any atom is -0.496 e. The lowest BCUT2D eigenvalue weighted by molar-refractivity contribution is 0.0531. The molecule has 0 aromatic heterocycles. The van der Waals surface area contributed by atoms with Crippen LogP contribution in [0.4, 0.5) is 17.6 Å². The number of methoxy groups -OCH3 is 4. The molecular formula is C41H48ClF4NO6. The number of nitrogens with one attached hydrogen (secondary N) is 1. The molecule has 4 aromatic rings. The largest absolute Gasteiger partial charge is 0.496 e. The summed E-state index contributed by atoms with van der Waals surface area (Å²) in [6.45, 7) is -0.0575. The molecule has 4 aromatic carbocycles. The molecule has 2 unspecified atom stereocenters. The van der Waals surface area contributed by atoms with Gasteiger partial charge in [0.2, 0.25) is 0 Å². The lowest BCUT2D eigenvalue weighted by Crippen LogP contribution is -2.54. The highest BCUT2D eigenvalue weighted by Gasteiger charge is 2.44. The van der Waals surface area contributed by atoms with E-state index < -0.39 is 40.6 Å². The molecule has 1 fully saturated rings. The molecule has 0 radical (unpaired) electrons. The Kier molecular flexibility index (Phi) is 15.6. The van der Waals surface area contributed by atoms with Crippen molar-refractivity contribution >= 4 is 12.4 Å². The van der Waals surface area contributed by atoms with Gasteiger partial charge in [0.1, 0.15) is 46.3 Å². The Hall–Kier alpha value is -4.03. The molecule has 1 aliphatic rings. The predicted molar refractivity (Wildman–Crippen MR) is 198 cm³/mol. The summed E-state index contributed by atoms with van der Waals surface area (Å²) in [4.78, 5) is 0. The first-order chi connectivity index (χ1) is 25.3. The summed E-state index contributed by atoms with van der Waals surface area (Å²) in [5.41, 5.74) is 0.590. The Labute approximate surface area is 315 Å². The van der Waals surface area contributed by atoms with E-state index in [9.17, 15) is 17.6 Å². The minimum absolute atomic E-state index is 0. The highest BCUT2D eigenvalue weighted by atomic mass is 35.5. The van der Waals surface area contributed by atoms with Gasteiger partial charge in [0.05, 0.1) is 54.9 Å². The summed E-state index contributed by atoms with van der Waals surface area (Å²) < 4.78 is 94.0. The Morgan fingerprint density at radius 3 is 1.40 bits per heavy atom. The highest BCUT2D eigenvalue weighted by molar-refractivity contribution is 5.85. The fourth-order valence-corrected chi connectivity index (χ4v) is 7.35. The van der Waals surface area contributed by atoms with Crippen molar-refractivity contribution in [3.05, 3.63) is 118 Å². The van der Waals surface area contributed by atoms with Gasteiger partial charge in [0.25, 0.3) is 0 Å². The van der Waals surface area contributed by atoms with Crippen LogP contribution in [0, 0.1) is 23.3 Å². The lowest BCUT2D eigenvalue weighted by atomic mass is 9.69. The van der Waals surface area contributed by atoms with Crippen LogP contribution in [0.1, 0.15) is 66.2 Å². The molecule has 1 N–H and O–H groups in total. The third-order valence-electron chi connectivity index (χ3n) is 10.0. The topological polar surface area (TPSA) is 67.4 Å². The average molecular weight is 762 g/mol. The van der Waals surface area contributed by atoms with Crippen LogP contribution in [0.2, 0.25) is 0 Å². The summed E-state index contributed by atoms with van der Waals surface area (Å²) in [7, 11) is 6.32. The number of halogens is 5. The van der Waals surface area contributed by atoms with Crippen molar-refractivity contribution in [3.8, 4) is 23.0 Å². The summed E-state index contributed by atoms with van der Waals surface area (Å²) in [6.07, 6.45) is 4.34. The molecule has 0 heterocycles. The summed E-state index contributed by atoms with van der Waals surface area (Å²) in [5.74, 6) is -1.21. The van der Waals surface area contributed by atoms with Crippen molar-refractivity contribution in [1.29, 1.82) is 0 Å². The third kappa shape index (κ3) is 9.75. The number of rotatable bonds is 18. The molecule has 0 aliphatic heterocycles. The van der Waals surface area contributed by atoms with Crippen LogP contribution in [0.15, 0.2) is 72.8 Å². The number of benzene rings is 4. The van der Waals surface area contributed by atoms with Crippen LogP contribution in [0.25, 0.3) is 0 Å². The summed E-state index contributed by atoms with van der Waals surface area (Å²) >= 11 is 0. The first kappa shape index (κ1) is 41.7. The molecular weight excluding hydrogens is 714 g/mol. The second kappa shape index (κ2) is 19.9. The van der Waals surface area contributed by atoms with Gasteiger partial charge in [0, 0.05) is 46.2 Å². The Morgan fingerprint density at radius 1 is 0.566 bits per heavy atom. The maximum absolute atomic E-state index is 14.7. The summed E-state index contributed by atoms with van der Waals surface area (Å²) in [5, 5.41) is 3.90. The van der Waals surface area contributed by atoms with Gasteiger partial charge in [-0.3, -0.25) is 0 Å². The van der Waals surface area contributed by atoms with E-state index in [-0.39, 0.29) is 50.0 Å². The third-order valence-corrected chi connectivity index (χ3v) is 10.0. The van der Waals surface area contributed by atoms with Crippen LogP contribution in [-0.4, -0.2) is 53.7 Å². The molecule has 0 spiro atoms. The van der Waals surface area contributed by atoms with Gasteiger partial charge in [-0.05, 0) is 61.4 Å². The maximum Gasteiger partial charge on any atom is 0.131 e. The number of hydrogen-bond acceptors (Lipinski definition) is 7. The second-order valence-corrected chi connectivity index (χ2v) is 12.9. The first-order valence-electron chi connectivity index (χ1n) is 17.4. The normalized spacial score (nSPS) is 14.9. The molecule has 1 saturated carbocycles. The Balaban J connectivity index is 0.00000627. The first-order valence-corrected chi connectivity index (χ1v) is 17.4. The zero-order valence-electron chi connectivity index (χ0n) is 30.5. The van der Waals surface area contributed by atoms with E-state index in [4.69, 9.17) is 28.4 Å². The smallest absolute Gasteiger partial charge is 0.131 e. The molecule has 12 heteroatoms. The lowest BCUT2D eigenvalue weighted by Gasteiger charge is -2.46. The van der Waals surface area contributed by atoms with E-state index in [0.717, 1.165) is 43.2 Å². The van der Waals surface area contributed by atoms with Gasteiger partial charge in [-0.1, -0.05) is 43.5 Å². The van der Waals surface area contributed by atoms with Gasteiger partial charge in [-0.25, -0.2) is 17.6 Å². The SMILES string of the molecule is COc1cccc(OC)c1C(CNC1(C(COCc2c(F)cccc2F)c2c(OC)cccc2OC)CCCCC1)COCc1c(F)cccc1F.Cl. The molecule has 2 atom stereocenters. The van der Waals surface area contributed by atoms with Gasteiger partial charge in [0.15, 0.2) is 0 Å². The van der Waals surface area contributed by atoms with E-state index in [1.54, 1.807) is 28.4 Å². The van der Waals surface area contributed by atoms with E-state index in [0.29, 0.717) is 29.5 Å². The minimum atomic E-state index is -0.686. The van der Waals surface area contributed by atoms with E-state index in [1.807, 2.05) is 36.4 Å². The molecule has 0 bridgehead atoms. The van der Waals surface area contributed by atoms with E-state index >= 15 is 0 Å². The zero-order chi connectivity index (χ0) is 37.1. The molecule has 0 amide bonds. The molecule has 7 nitrogen and oxygen atoms in total. The molecule has 1 aliphatic carbocycles. The standard InChI is InChI=1S/C41H47F4NO6.ClH/c1-47-35-16-10-17-36(48-2)39(35)27(23-51-24-28-31(42)12-8-13-32(28)43)22-46-41(20-6-5-7-21-41)30(40-37(49-3)18-11-19-38(40)50-4)26-52-25-29-33(44)14-9-15-34(29)45;/h8-19,27,30,46H,5-7,20-26H2,1-4H3;1H. The van der Waals surface area contributed by atoms with Crippen LogP contribution in [0.5, 0.6) is 23.0 Å². The van der Waals surface area contributed by atoms with E-state index in [2.05, 4.69) is 5.32 Å². The number of hydrogen-bond donors (Lipinski definition) is 1. The van der Waals surface area contributed by atoms with Crippen molar-refractivity contribution in [2.75, 3.05) is 48.2 Å². The van der Waals surface area contributed by atoms with Gasteiger partial charge in [-0.2, -0.15) is 0 Å². The van der Waals surface area contributed by atoms with Crippen molar-refractivity contribution < 1.29 is 46.0 Å². The molecule has 288 valence electrons. The maximum atomic E-state index is 14.7. The van der Waals surface area contributed by atoms with Gasteiger partial charge < -0.3 is 33.7 Å². The summed E-state index contributed by atoms with van der Waals surface area (Å²) in [6, 6.07) is 18.5. The van der Waals surface area contributed by atoms with Gasteiger partial charge in [-0.15, -0.1) is 12.4 Å². The monoisotopic (exact) mass is 761 g/mol. The van der Waals surface area contributed by atoms with Gasteiger partial charge >= 0.3 is 0 Å². The van der Waals surface area contributed by atoms with Crippen molar-refractivity contribution in [1.82, 2.24) is 5.32 Å². The second-order valence-electron chi connectivity index (χ2n) is 12.9. The quantitative estimate of drug-likeness (QED) is 0.101. The van der Waals surface area contributed by atoms with Crippen LogP contribution in [0.3, 0.4) is 0 Å². The Morgan fingerprint density at radius 2 is 0.962 bits per heavy atom. The van der Waals surface area contributed by atoms with E-state index in [1.165, 1.54) is 36.4 Å².